The number of ether oxygens (including phenoxy) is 1. The van der Waals surface area contributed by atoms with E-state index in [1.807, 2.05) is 0 Å². The van der Waals surface area contributed by atoms with Crippen molar-refractivity contribution in [2.75, 3.05) is 6.61 Å². The quantitative estimate of drug-likeness (QED) is 0.846. The third-order valence-electron chi connectivity index (χ3n) is 3.34. The average molecular weight is 237 g/mol. The highest BCUT2D eigenvalue weighted by Gasteiger charge is 2.34. The van der Waals surface area contributed by atoms with Crippen LogP contribution in [0.1, 0.15) is 47.8 Å². The van der Waals surface area contributed by atoms with Crippen LogP contribution in [-0.4, -0.2) is 38.8 Å². The Labute approximate surface area is 98.6 Å². The monoisotopic (exact) mass is 237 g/mol. The Morgan fingerprint density at radius 2 is 2.29 bits per heavy atom. The van der Waals surface area contributed by atoms with Gasteiger partial charge in [0, 0.05) is 12.5 Å². The van der Waals surface area contributed by atoms with Crippen molar-refractivity contribution in [1.29, 1.82) is 0 Å². The van der Waals surface area contributed by atoms with Gasteiger partial charge in [0.15, 0.2) is 5.69 Å². The molecule has 6 nitrogen and oxygen atoms in total. The minimum absolute atomic E-state index is 0.116. The Morgan fingerprint density at radius 3 is 2.88 bits per heavy atom. The second-order valence-electron chi connectivity index (χ2n) is 4.72. The van der Waals surface area contributed by atoms with Gasteiger partial charge in [0.05, 0.1) is 18.3 Å². The predicted octanol–water partition coefficient (Wildman–Crippen LogP) is 1.03. The van der Waals surface area contributed by atoms with Crippen LogP contribution in [0.2, 0.25) is 0 Å². The maximum atomic E-state index is 11.1. The summed E-state index contributed by atoms with van der Waals surface area (Å²) in [5.74, 6) is -0.650. The van der Waals surface area contributed by atoms with Gasteiger partial charge in [0.2, 0.25) is 0 Å². The number of rotatable bonds is 4. The summed E-state index contributed by atoms with van der Waals surface area (Å²) in [5, 5.41) is 16.8. The number of aromatic nitrogens is 3. The molecule has 1 atom stereocenters. The van der Waals surface area contributed by atoms with Gasteiger partial charge in [0.25, 0.3) is 0 Å². The highest BCUT2D eigenvalue weighted by molar-refractivity contribution is 5.86. The van der Waals surface area contributed by atoms with Crippen LogP contribution in [0.25, 0.3) is 0 Å². The van der Waals surface area contributed by atoms with Crippen molar-refractivity contribution < 1.29 is 14.6 Å². The first-order valence-corrected chi connectivity index (χ1v) is 6.04. The van der Waals surface area contributed by atoms with Crippen LogP contribution >= 0.6 is 0 Å². The van der Waals surface area contributed by atoms with Gasteiger partial charge >= 0.3 is 5.97 Å². The zero-order chi connectivity index (χ0) is 11.8. The maximum Gasteiger partial charge on any atom is 0.358 e. The fourth-order valence-corrected chi connectivity index (χ4v) is 2.35. The number of hydrogen-bond acceptors (Lipinski definition) is 4. The van der Waals surface area contributed by atoms with Crippen molar-refractivity contribution in [2.24, 2.45) is 0 Å². The summed E-state index contributed by atoms with van der Waals surface area (Å²) >= 11 is 0. The highest BCUT2D eigenvalue weighted by atomic mass is 16.5. The van der Waals surface area contributed by atoms with Crippen LogP contribution in [0.15, 0.2) is 0 Å². The van der Waals surface area contributed by atoms with Crippen molar-refractivity contribution in [3.63, 3.8) is 0 Å². The second kappa shape index (κ2) is 4.10. The molecule has 1 N–H and O–H groups in total. The molecule has 1 aliphatic heterocycles. The molecular weight excluding hydrogens is 222 g/mol. The van der Waals surface area contributed by atoms with Crippen molar-refractivity contribution in [2.45, 2.75) is 44.2 Å². The first kappa shape index (κ1) is 10.7. The van der Waals surface area contributed by atoms with E-state index in [0.717, 1.165) is 38.0 Å². The fraction of sp³-hybridized carbons (Fsp3) is 0.727. The predicted molar refractivity (Wildman–Crippen MR) is 57.9 cm³/mol. The molecule has 1 aromatic heterocycles. The van der Waals surface area contributed by atoms with Crippen LogP contribution in [0.4, 0.5) is 0 Å². The van der Waals surface area contributed by atoms with Gasteiger partial charge in [-0.15, -0.1) is 5.10 Å². The van der Waals surface area contributed by atoms with Crippen molar-refractivity contribution in [1.82, 2.24) is 15.0 Å². The number of aromatic carboxylic acids is 1. The number of hydrogen-bond donors (Lipinski definition) is 1. The largest absolute Gasteiger partial charge is 0.476 e. The average Bonchev–Trinajstić information content (AvgIpc) is 2.85. The zero-order valence-corrected chi connectivity index (χ0v) is 9.50. The Kier molecular flexibility index (Phi) is 2.58. The standard InChI is InChI=1S/C11H15N3O3/c15-11(16)9-10(7-3-4-7)14(13-12-9)6-8-2-1-5-17-8/h7-8H,1-6H2,(H,15,16). The van der Waals surface area contributed by atoms with Crippen molar-refractivity contribution >= 4 is 5.97 Å². The Balaban J connectivity index is 1.85. The minimum atomic E-state index is -0.981. The molecule has 2 aliphatic rings. The van der Waals surface area contributed by atoms with Gasteiger partial charge in [-0.2, -0.15) is 0 Å². The van der Waals surface area contributed by atoms with Gasteiger partial charge in [-0.05, 0) is 25.7 Å². The second-order valence-corrected chi connectivity index (χ2v) is 4.72. The van der Waals surface area contributed by atoms with Crippen LogP contribution in [-0.2, 0) is 11.3 Å². The lowest BCUT2D eigenvalue weighted by Gasteiger charge is -2.11. The summed E-state index contributed by atoms with van der Waals surface area (Å²) in [6, 6.07) is 0. The molecule has 2 heterocycles. The normalized spacial score (nSPS) is 24.1. The molecule has 92 valence electrons. The Hall–Kier alpha value is -1.43. The molecule has 3 rings (SSSR count). The van der Waals surface area contributed by atoms with Gasteiger partial charge in [-0.1, -0.05) is 5.21 Å². The molecule has 6 heteroatoms. The minimum Gasteiger partial charge on any atom is -0.476 e. The summed E-state index contributed by atoms with van der Waals surface area (Å²) in [5.41, 5.74) is 0.901. The molecular formula is C11H15N3O3. The molecule has 0 bridgehead atoms. The molecule has 1 saturated heterocycles. The number of carboxylic acid groups (broad SMARTS) is 1. The summed E-state index contributed by atoms with van der Waals surface area (Å²) in [4.78, 5) is 11.1. The summed E-state index contributed by atoms with van der Waals surface area (Å²) < 4.78 is 7.28. The first-order valence-electron chi connectivity index (χ1n) is 6.04. The van der Waals surface area contributed by atoms with E-state index in [2.05, 4.69) is 10.3 Å². The van der Waals surface area contributed by atoms with Gasteiger partial charge in [0.1, 0.15) is 0 Å². The Morgan fingerprint density at radius 1 is 1.47 bits per heavy atom. The van der Waals surface area contributed by atoms with Crippen LogP contribution < -0.4 is 0 Å². The number of nitrogens with zero attached hydrogens (tertiary/aromatic N) is 3. The first-order chi connectivity index (χ1) is 8.25. The number of carbonyl (C=O) groups is 1. The molecule has 1 aromatic rings. The Bertz CT molecular complexity index is 433. The smallest absolute Gasteiger partial charge is 0.358 e. The molecule has 1 aliphatic carbocycles. The SMILES string of the molecule is O=C(O)c1nnn(CC2CCCO2)c1C1CC1. The van der Waals surface area contributed by atoms with Gasteiger partial charge in [-0.3, -0.25) is 0 Å². The molecule has 0 amide bonds. The van der Waals surface area contributed by atoms with Gasteiger partial charge < -0.3 is 9.84 Å². The number of carboxylic acids is 1. The van der Waals surface area contributed by atoms with Crippen molar-refractivity contribution in [3.8, 4) is 0 Å². The zero-order valence-electron chi connectivity index (χ0n) is 9.50. The van der Waals surface area contributed by atoms with Crippen LogP contribution in [0.5, 0.6) is 0 Å². The van der Waals surface area contributed by atoms with E-state index >= 15 is 0 Å². The van der Waals surface area contributed by atoms with Crippen LogP contribution in [0, 0.1) is 0 Å². The topological polar surface area (TPSA) is 77.2 Å². The van der Waals surface area contributed by atoms with E-state index in [-0.39, 0.29) is 11.8 Å². The van der Waals surface area contributed by atoms with E-state index in [9.17, 15) is 4.79 Å². The lowest BCUT2D eigenvalue weighted by Crippen LogP contribution is -2.18. The molecule has 1 saturated carbocycles. The van der Waals surface area contributed by atoms with Crippen LogP contribution in [0.3, 0.4) is 0 Å². The lowest BCUT2D eigenvalue weighted by molar-refractivity contribution is 0.0688. The molecule has 0 aromatic carbocycles. The van der Waals surface area contributed by atoms with E-state index in [1.165, 1.54) is 0 Å². The van der Waals surface area contributed by atoms with E-state index in [1.54, 1.807) is 4.68 Å². The third kappa shape index (κ3) is 2.04. The maximum absolute atomic E-state index is 11.1. The summed E-state index contributed by atoms with van der Waals surface area (Å²) in [6.07, 6.45) is 4.34. The molecule has 1 unspecified atom stereocenters. The molecule has 17 heavy (non-hydrogen) atoms. The van der Waals surface area contributed by atoms with E-state index in [4.69, 9.17) is 9.84 Å². The lowest BCUT2D eigenvalue weighted by atomic mass is 10.2. The van der Waals surface area contributed by atoms with E-state index in [0.29, 0.717) is 12.5 Å². The van der Waals surface area contributed by atoms with Crippen molar-refractivity contribution in [3.05, 3.63) is 11.4 Å². The molecule has 0 radical (unpaired) electrons. The third-order valence-corrected chi connectivity index (χ3v) is 3.34. The molecule has 2 fully saturated rings. The molecule has 0 spiro atoms. The summed E-state index contributed by atoms with van der Waals surface area (Å²) in [7, 11) is 0. The summed E-state index contributed by atoms with van der Waals surface area (Å²) in [6.45, 7) is 1.43. The fourth-order valence-electron chi connectivity index (χ4n) is 2.35. The van der Waals surface area contributed by atoms with E-state index < -0.39 is 5.97 Å². The van der Waals surface area contributed by atoms with Gasteiger partial charge in [-0.25, -0.2) is 9.48 Å². The highest BCUT2D eigenvalue weighted by Crippen LogP contribution is 2.41.